The normalized spacial score (nSPS) is 22.7. The number of anilines is 1. The van der Waals surface area contributed by atoms with Crippen molar-refractivity contribution in [2.24, 2.45) is 0 Å². The zero-order valence-corrected chi connectivity index (χ0v) is 10.6. The zero-order valence-electron chi connectivity index (χ0n) is 10.6. The molecule has 0 bridgehead atoms. The van der Waals surface area contributed by atoms with Crippen LogP contribution >= 0.6 is 0 Å². The average molecular weight is 250 g/mol. The number of nitrogens with zero attached hydrogens (tertiary/aromatic N) is 1. The maximum absolute atomic E-state index is 9.72. The van der Waals surface area contributed by atoms with E-state index < -0.39 is 0 Å². The fourth-order valence-electron chi connectivity index (χ4n) is 2.94. The maximum Gasteiger partial charge on any atom is 0.116 e. The predicted octanol–water partition coefficient (Wildman–Crippen LogP) is 2.85. The molecule has 2 aliphatic heterocycles. The standard InChI is InChI=1S/C16H14N2O/c1-18-7-6-12-10(9-18)2-4-15-16(12)13-8-11(19)3-5-14(13)17-15/h2-9,15,17,19H,1H3. The van der Waals surface area contributed by atoms with Crippen molar-refractivity contribution in [2.45, 2.75) is 6.04 Å². The molecule has 3 heteroatoms. The lowest BCUT2D eigenvalue weighted by molar-refractivity contribution is 0.475. The lowest BCUT2D eigenvalue weighted by Gasteiger charge is -2.24. The number of hydrogen-bond acceptors (Lipinski definition) is 3. The number of fused-ring (bicyclic) bond motifs is 4. The largest absolute Gasteiger partial charge is 0.508 e. The van der Waals surface area contributed by atoms with Crippen molar-refractivity contribution in [1.29, 1.82) is 0 Å². The quantitative estimate of drug-likeness (QED) is 0.695. The van der Waals surface area contributed by atoms with E-state index >= 15 is 0 Å². The van der Waals surface area contributed by atoms with Crippen molar-refractivity contribution in [3.05, 3.63) is 65.5 Å². The number of benzene rings is 1. The molecular formula is C16H14N2O. The number of hydrogen-bond donors (Lipinski definition) is 2. The van der Waals surface area contributed by atoms with Crippen LogP contribution in [0.2, 0.25) is 0 Å². The fraction of sp³-hybridized carbons (Fsp3) is 0.125. The summed E-state index contributed by atoms with van der Waals surface area (Å²) < 4.78 is 0. The van der Waals surface area contributed by atoms with Crippen molar-refractivity contribution in [2.75, 3.05) is 12.4 Å². The third-order valence-corrected chi connectivity index (χ3v) is 3.80. The molecule has 1 atom stereocenters. The van der Waals surface area contributed by atoms with Gasteiger partial charge in [-0.1, -0.05) is 12.2 Å². The average Bonchev–Trinajstić information content (AvgIpc) is 2.76. The minimum Gasteiger partial charge on any atom is -0.508 e. The Hall–Kier alpha value is -2.42. The van der Waals surface area contributed by atoms with E-state index in [0.717, 1.165) is 11.3 Å². The van der Waals surface area contributed by atoms with Gasteiger partial charge in [0.2, 0.25) is 0 Å². The Bertz CT molecular complexity index is 695. The Morgan fingerprint density at radius 3 is 3.05 bits per heavy atom. The molecule has 0 radical (unpaired) electrons. The van der Waals surface area contributed by atoms with Gasteiger partial charge in [-0.25, -0.2) is 0 Å². The summed E-state index contributed by atoms with van der Waals surface area (Å²) in [5.74, 6) is 0.311. The summed E-state index contributed by atoms with van der Waals surface area (Å²) in [6.07, 6.45) is 10.7. The van der Waals surface area contributed by atoms with Gasteiger partial charge in [-0.05, 0) is 41.0 Å². The summed E-state index contributed by atoms with van der Waals surface area (Å²) in [6.45, 7) is 0. The van der Waals surface area contributed by atoms with Gasteiger partial charge in [-0.15, -0.1) is 0 Å². The highest BCUT2D eigenvalue weighted by atomic mass is 16.3. The molecule has 2 heterocycles. The molecule has 94 valence electrons. The van der Waals surface area contributed by atoms with Crippen molar-refractivity contribution >= 4 is 11.3 Å². The van der Waals surface area contributed by atoms with E-state index in [1.54, 1.807) is 6.07 Å². The Kier molecular flexibility index (Phi) is 1.96. The minimum absolute atomic E-state index is 0.206. The van der Waals surface area contributed by atoms with Gasteiger partial charge < -0.3 is 15.3 Å². The van der Waals surface area contributed by atoms with Crippen molar-refractivity contribution in [3.8, 4) is 5.75 Å². The molecular weight excluding hydrogens is 236 g/mol. The van der Waals surface area contributed by atoms with E-state index in [1.165, 1.54) is 16.7 Å². The molecule has 1 aromatic rings. The number of allylic oxidation sites excluding steroid dienone is 4. The monoisotopic (exact) mass is 250 g/mol. The zero-order chi connectivity index (χ0) is 13.0. The first kappa shape index (κ1) is 10.5. The second-order valence-corrected chi connectivity index (χ2v) is 5.10. The van der Waals surface area contributed by atoms with E-state index in [4.69, 9.17) is 0 Å². The van der Waals surface area contributed by atoms with Gasteiger partial charge in [0.05, 0.1) is 6.04 Å². The second-order valence-electron chi connectivity index (χ2n) is 5.10. The van der Waals surface area contributed by atoms with Crippen LogP contribution in [-0.2, 0) is 0 Å². The summed E-state index contributed by atoms with van der Waals surface area (Å²) in [4.78, 5) is 2.05. The highest BCUT2D eigenvalue weighted by Crippen LogP contribution is 2.44. The third-order valence-electron chi connectivity index (χ3n) is 3.80. The highest BCUT2D eigenvalue weighted by Gasteiger charge is 2.30. The predicted molar refractivity (Wildman–Crippen MR) is 76.6 cm³/mol. The first-order valence-electron chi connectivity index (χ1n) is 6.37. The molecule has 0 saturated carbocycles. The molecule has 4 rings (SSSR count). The van der Waals surface area contributed by atoms with E-state index in [-0.39, 0.29) is 6.04 Å². The van der Waals surface area contributed by atoms with Crippen LogP contribution in [0.5, 0.6) is 5.75 Å². The van der Waals surface area contributed by atoms with E-state index in [1.807, 2.05) is 19.2 Å². The molecule has 0 fully saturated rings. The summed E-state index contributed by atoms with van der Waals surface area (Å²) in [7, 11) is 2.03. The van der Waals surface area contributed by atoms with Crippen molar-refractivity contribution < 1.29 is 5.11 Å². The lowest BCUT2D eigenvalue weighted by Crippen LogP contribution is -2.18. The molecule has 3 aliphatic rings. The Balaban J connectivity index is 1.96. The molecule has 1 unspecified atom stereocenters. The molecule has 2 N–H and O–H groups in total. The molecule has 3 nitrogen and oxygen atoms in total. The summed E-state index contributed by atoms with van der Waals surface area (Å²) >= 11 is 0. The third kappa shape index (κ3) is 1.45. The van der Waals surface area contributed by atoms with Gasteiger partial charge in [0.15, 0.2) is 0 Å². The minimum atomic E-state index is 0.206. The van der Waals surface area contributed by atoms with Crippen LogP contribution in [0.25, 0.3) is 5.57 Å². The molecule has 0 saturated heterocycles. The molecule has 1 aliphatic carbocycles. The van der Waals surface area contributed by atoms with Crippen LogP contribution in [0.3, 0.4) is 0 Å². The Morgan fingerprint density at radius 1 is 1.26 bits per heavy atom. The molecule has 1 aromatic carbocycles. The number of aromatic hydroxyl groups is 1. The second kappa shape index (κ2) is 3.54. The van der Waals surface area contributed by atoms with Crippen molar-refractivity contribution in [1.82, 2.24) is 4.90 Å². The summed E-state index contributed by atoms with van der Waals surface area (Å²) in [5, 5.41) is 13.2. The number of phenolic OH excluding ortho intramolecular Hbond substituents is 1. The van der Waals surface area contributed by atoms with Crippen LogP contribution in [0.15, 0.2) is 60.0 Å². The van der Waals surface area contributed by atoms with Crippen molar-refractivity contribution in [3.63, 3.8) is 0 Å². The maximum atomic E-state index is 9.72. The highest BCUT2D eigenvalue weighted by molar-refractivity contribution is 5.94. The first-order valence-corrected chi connectivity index (χ1v) is 6.37. The SMILES string of the molecule is CN1C=CC2=C3c4cc(O)ccc4NC3C=CC2=C1. The van der Waals surface area contributed by atoms with Gasteiger partial charge in [0.25, 0.3) is 0 Å². The van der Waals surface area contributed by atoms with E-state index in [0.29, 0.717) is 5.75 Å². The summed E-state index contributed by atoms with van der Waals surface area (Å²) in [5.41, 5.74) is 5.90. The molecule has 19 heavy (non-hydrogen) atoms. The first-order chi connectivity index (χ1) is 9.22. The lowest BCUT2D eigenvalue weighted by atomic mass is 9.86. The van der Waals surface area contributed by atoms with E-state index in [2.05, 4.69) is 40.8 Å². The fourth-order valence-corrected chi connectivity index (χ4v) is 2.94. The van der Waals surface area contributed by atoms with Crippen LogP contribution in [-0.4, -0.2) is 23.1 Å². The number of rotatable bonds is 0. The van der Waals surface area contributed by atoms with Crippen LogP contribution in [0.1, 0.15) is 5.56 Å². The molecule has 0 spiro atoms. The van der Waals surface area contributed by atoms with Gasteiger partial charge in [-0.2, -0.15) is 0 Å². The van der Waals surface area contributed by atoms with Crippen LogP contribution in [0.4, 0.5) is 5.69 Å². The number of phenols is 1. The van der Waals surface area contributed by atoms with Crippen LogP contribution < -0.4 is 5.32 Å². The Labute approximate surface area is 111 Å². The van der Waals surface area contributed by atoms with Gasteiger partial charge in [-0.3, -0.25) is 0 Å². The molecule has 0 aromatic heterocycles. The topological polar surface area (TPSA) is 35.5 Å². The van der Waals surface area contributed by atoms with Gasteiger partial charge in [0, 0.05) is 30.7 Å². The number of nitrogens with one attached hydrogen (secondary N) is 1. The van der Waals surface area contributed by atoms with Crippen LogP contribution in [0, 0.1) is 0 Å². The van der Waals surface area contributed by atoms with E-state index in [9.17, 15) is 5.11 Å². The Morgan fingerprint density at radius 2 is 2.16 bits per heavy atom. The van der Waals surface area contributed by atoms with Gasteiger partial charge >= 0.3 is 0 Å². The molecule has 0 amide bonds. The smallest absolute Gasteiger partial charge is 0.116 e. The summed E-state index contributed by atoms with van der Waals surface area (Å²) in [6, 6.07) is 5.70. The van der Waals surface area contributed by atoms with Gasteiger partial charge in [0.1, 0.15) is 5.75 Å².